The van der Waals surface area contributed by atoms with Crippen molar-refractivity contribution in [1.82, 2.24) is 0 Å². The van der Waals surface area contributed by atoms with Gasteiger partial charge in [-0.15, -0.1) is 0 Å². The first-order valence-electron chi connectivity index (χ1n) is 8.82. The maximum absolute atomic E-state index is 11.2. The van der Waals surface area contributed by atoms with Gasteiger partial charge in [-0.2, -0.15) is 0 Å². The molecule has 134 valence electrons. The van der Waals surface area contributed by atoms with Gasteiger partial charge in [0.1, 0.15) is 11.5 Å². The minimum Gasteiger partial charge on any atom is -0.496 e. The summed E-state index contributed by atoms with van der Waals surface area (Å²) in [6, 6.07) is 12.6. The van der Waals surface area contributed by atoms with E-state index in [4.69, 9.17) is 9.47 Å². The molecule has 2 aromatic rings. The summed E-state index contributed by atoms with van der Waals surface area (Å²) < 4.78 is 10.7. The second-order valence-electron chi connectivity index (χ2n) is 6.55. The van der Waals surface area contributed by atoms with Crippen molar-refractivity contribution < 1.29 is 14.3 Å². The molecule has 3 heteroatoms. The van der Waals surface area contributed by atoms with Gasteiger partial charge in [-0.05, 0) is 61.1 Å². The third-order valence-electron chi connectivity index (χ3n) is 5.14. The molecule has 0 spiro atoms. The molecule has 0 amide bonds. The second-order valence-corrected chi connectivity index (χ2v) is 6.55. The monoisotopic (exact) mass is 340 g/mol. The van der Waals surface area contributed by atoms with Gasteiger partial charge in [0.25, 0.3) is 0 Å². The molecule has 0 heterocycles. The summed E-state index contributed by atoms with van der Waals surface area (Å²) in [7, 11) is 1.70. The maximum Gasteiger partial charge on any atom is 0.308 e. The summed E-state index contributed by atoms with van der Waals surface area (Å²) in [5.41, 5.74) is 4.57. The molecule has 0 bridgehead atoms. The van der Waals surface area contributed by atoms with Gasteiger partial charge in [0.05, 0.1) is 7.11 Å². The fourth-order valence-corrected chi connectivity index (χ4v) is 3.63. The van der Waals surface area contributed by atoms with Gasteiger partial charge in [0.2, 0.25) is 0 Å². The zero-order valence-electron chi connectivity index (χ0n) is 16.1. The molecular formula is C22H28O3. The molecule has 0 atom stereocenters. The van der Waals surface area contributed by atoms with Crippen molar-refractivity contribution in [3.05, 3.63) is 58.7 Å². The first-order valence-corrected chi connectivity index (χ1v) is 8.82. The average molecular weight is 340 g/mol. The summed E-state index contributed by atoms with van der Waals surface area (Å²) in [5, 5.41) is 0. The van der Waals surface area contributed by atoms with Gasteiger partial charge in [-0.25, -0.2) is 0 Å². The zero-order chi connectivity index (χ0) is 18.6. The Balaban J connectivity index is 2.54. The number of hydrogen-bond donors (Lipinski definition) is 0. The van der Waals surface area contributed by atoms with Crippen molar-refractivity contribution in [1.29, 1.82) is 0 Å². The number of rotatable bonds is 6. The number of aryl methyl sites for hydroxylation is 2. The Kier molecular flexibility index (Phi) is 5.89. The van der Waals surface area contributed by atoms with E-state index in [-0.39, 0.29) is 11.4 Å². The van der Waals surface area contributed by atoms with Crippen LogP contribution in [0.5, 0.6) is 11.5 Å². The predicted molar refractivity (Wildman–Crippen MR) is 102 cm³/mol. The van der Waals surface area contributed by atoms with Gasteiger partial charge in [0.15, 0.2) is 0 Å². The topological polar surface area (TPSA) is 35.5 Å². The van der Waals surface area contributed by atoms with Crippen molar-refractivity contribution in [2.75, 3.05) is 7.11 Å². The van der Waals surface area contributed by atoms with Gasteiger partial charge >= 0.3 is 5.97 Å². The highest BCUT2D eigenvalue weighted by Crippen LogP contribution is 2.41. The van der Waals surface area contributed by atoms with Crippen molar-refractivity contribution in [3.8, 4) is 11.5 Å². The van der Waals surface area contributed by atoms with Gasteiger partial charge in [-0.1, -0.05) is 38.1 Å². The Morgan fingerprint density at radius 3 is 1.76 bits per heavy atom. The molecule has 25 heavy (non-hydrogen) atoms. The first kappa shape index (κ1) is 19.0. The number of methoxy groups -OCH3 is 1. The van der Waals surface area contributed by atoms with E-state index >= 15 is 0 Å². The molecule has 0 aliphatic heterocycles. The van der Waals surface area contributed by atoms with Crippen molar-refractivity contribution in [3.63, 3.8) is 0 Å². The van der Waals surface area contributed by atoms with Gasteiger partial charge in [0, 0.05) is 12.3 Å². The molecule has 2 aromatic carbocycles. The van der Waals surface area contributed by atoms with Gasteiger partial charge in [-0.3, -0.25) is 4.79 Å². The number of carbonyl (C=O) groups excluding carboxylic acids is 1. The Hall–Kier alpha value is -2.29. The van der Waals surface area contributed by atoms with E-state index in [2.05, 4.69) is 45.0 Å². The lowest BCUT2D eigenvalue weighted by molar-refractivity contribution is -0.131. The highest BCUT2D eigenvalue weighted by atomic mass is 16.5. The maximum atomic E-state index is 11.2. The van der Waals surface area contributed by atoms with Crippen LogP contribution < -0.4 is 9.47 Å². The Labute approximate surface area is 151 Å². The molecule has 2 rings (SSSR count). The average Bonchev–Trinajstić information content (AvgIpc) is 2.58. The van der Waals surface area contributed by atoms with Crippen LogP contribution in [0.2, 0.25) is 0 Å². The number of carbonyl (C=O) groups is 1. The van der Waals surface area contributed by atoms with E-state index < -0.39 is 0 Å². The predicted octanol–water partition coefficient (Wildman–Crippen LogP) is 5.34. The van der Waals surface area contributed by atoms with Crippen LogP contribution in [-0.4, -0.2) is 13.1 Å². The Bertz CT molecular complexity index is 758. The molecule has 0 saturated carbocycles. The summed E-state index contributed by atoms with van der Waals surface area (Å²) in [6.45, 7) is 9.93. The van der Waals surface area contributed by atoms with Crippen LogP contribution in [-0.2, 0) is 10.2 Å². The van der Waals surface area contributed by atoms with Crippen LogP contribution in [0.3, 0.4) is 0 Å². The minimum atomic E-state index is -0.293. The third-order valence-corrected chi connectivity index (χ3v) is 5.14. The van der Waals surface area contributed by atoms with Crippen LogP contribution >= 0.6 is 0 Å². The summed E-state index contributed by atoms with van der Waals surface area (Å²) in [4.78, 5) is 11.2. The fourth-order valence-electron chi connectivity index (χ4n) is 3.63. The fraction of sp³-hybridized carbons (Fsp3) is 0.409. The Morgan fingerprint density at radius 2 is 1.40 bits per heavy atom. The standard InChI is InChI=1S/C22H28O3/c1-7-22(8-2,18-9-11-20(24-6)15(3)13-18)19-10-12-21(16(4)14-19)25-17(5)23/h9-14H,7-8H2,1-6H3. The summed E-state index contributed by atoms with van der Waals surface area (Å²) in [5.74, 6) is 1.24. The minimum absolute atomic E-state index is 0.0729. The number of benzene rings is 2. The molecule has 0 unspecified atom stereocenters. The van der Waals surface area contributed by atoms with E-state index in [1.165, 1.54) is 18.1 Å². The van der Waals surface area contributed by atoms with Gasteiger partial charge < -0.3 is 9.47 Å². The molecule has 0 radical (unpaired) electrons. The second kappa shape index (κ2) is 7.73. The molecular weight excluding hydrogens is 312 g/mol. The SMILES string of the molecule is CCC(CC)(c1ccc(OC)c(C)c1)c1ccc(OC(C)=O)c(C)c1. The van der Waals surface area contributed by atoms with Crippen molar-refractivity contribution in [2.45, 2.75) is 52.9 Å². The largest absolute Gasteiger partial charge is 0.496 e. The van der Waals surface area contributed by atoms with Crippen molar-refractivity contribution in [2.24, 2.45) is 0 Å². The number of esters is 1. The molecule has 0 aliphatic rings. The number of hydrogen-bond acceptors (Lipinski definition) is 3. The first-order chi connectivity index (χ1) is 11.9. The van der Waals surface area contributed by atoms with Crippen LogP contribution in [0.25, 0.3) is 0 Å². The molecule has 0 aliphatic carbocycles. The van der Waals surface area contributed by atoms with E-state index in [0.717, 1.165) is 29.7 Å². The lowest BCUT2D eigenvalue weighted by atomic mass is 9.70. The van der Waals surface area contributed by atoms with E-state index in [1.54, 1.807) is 7.11 Å². The quantitative estimate of drug-likeness (QED) is 0.526. The normalized spacial score (nSPS) is 11.3. The summed E-state index contributed by atoms with van der Waals surface area (Å²) >= 11 is 0. The Morgan fingerprint density at radius 1 is 0.920 bits per heavy atom. The molecule has 0 saturated heterocycles. The molecule has 0 aromatic heterocycles. The van der Waals surface area contributed by atoms with E-state index in [1.807, 2.05) is 19.1 Å². The van der Waals surface area contributed by atoms with E-state index in [9.17, 15) is 4.79 Å². The highest BCUT2D eigenvalue weighted by molar-refractivity contribution is 5.70. The van der Waals surface area contributed by atoms with Crippen LogP contribution in [0.1, 0.15) is 55.9 Å². The zero-order valence-corrected chi connectivity index (χ0v) is 16.1. The molecule has 3 nitrogen and oxygen atoms in total. The van der Waals surface area contributed by atoms with Crippen LogP contribution in [0.15, 0.2) is 36.4 Å². The smallest absolute Gasteiger partial charge is 0.308 e. The van der Waals surface area contributed by atoms with E-state index in [0.29, 0.717) is 5.75 Å². The van der Waals surface area contributed by atoms with Crippen LogP contribution in [0.4, 0.5) is 0 Å². The lowest BCUT2D eigenvalue weighted by Gasteiger charge is -2.34. The third kappa shape index (κ3) is 3.71. The molecule has 0 N–H and O–H groups in total. The lowest BCUT2D eigenvalue weighted by Crippen LogP contribution is -2.26. The van der Waals surface area contributed by atoms with Crippen molar-refractivity contribution >= 4 is 5.97 Å². The highest BCUT2D eigenvalue weighted by Gasteiger charge is 2.31. The molecule has 0 fully saturated rings. The summed E-state index contributed by atoms with van der Waals surface area (Å²) in [6.07, 6.45) is 1.98. The number of ether oxygens (including phenoxy) is 2. The van der Waals surface area contributed by atoms with Crippen LogP contribution in [0, 0.1) is 13.8 Å².